The van der Waals surface area contributed by atoms with E-state index in [0.717, 1.165) is 19.0 Å². The van der Waals surface area contributed by atoms with Gasteiger partial charge in [-0.25, -0.2) is 0 Å². The first-order valence-corrected chi connectivity index (χ1v) is 7.09. The fourth-order valence-electron chi connectivity index (χ4n) is 2.21. The number of alkyl halides is 3. The molecule has 5 heteroatoms. The molecule has 1 atom stereocenters. The Morgan fingerprint density at radius 3 is 2.55 bits per heavy atom. The molecule has 0 radical (unpaired) electrons. The van der Waals surface area contributed by atoms with Gasteiger partial charge in [0.05, 0.1) is 5.56 Å². The van der Waals surface area contributed by atoms with Crippen molar-refractivity contribution < 1.29 is 13.2 Å². The molecule has 0 saturated heterocycles. The average Bonchev–Trinajstić information content (AvgIpc) is 2.37. The highest BCUT2D eigenvalue weighted by atomic mass is 19.4. The third kappa shape index (κ3) is 5.12. The summed E-state index contributed by atoms with van der Waals surface area (Å²) < 4.78 is 38.7. The van der Waals surface area contributed by atoms with Crippen molar-refractivity contribution in [3.8, 4) is 0 Å². The van der Waals surface area contributed by atoms with Crippen LogP contribution in [0.15, 0.2) is 18.5 Å². The van der Waals surface area contributed by atoms with Crippen molar-refractivity contribution in [2.75, 3.05) is 6.54 Å². The Morgan fingerprint density at radius 2 is 2.00 bits per heavy atom. The van der Waals surface area contributed by atoms with Gasteiger partial charge in [-0.2, -0.15) is 13.2 Å². The smallest absolute Gasteiger partial charge is 0.314 e. The van der Waals surface area contributed by atoms with E-state index >= 15 is 0 Å². The average molecular weight is 288 g/mol. The molecule has 1 rings (SSSR count). The fourth-order valence-corrected chi connectivity index (χ4v) is 2.21. The molecule has 2 nitrogen and oxygen atoms in total. The van der Waals surface area contributed by atoms with Gasteiger partial charge in [-0.1, -0.05) is 20.8 Å². The maximum absolute atomic E-state index is 12.9. The van der Waals surface area contributed by atoms with E-state index < -0.39 is 11.7 Å². The van der Waals surface area contributed by atoms with Crippen molar-refractivity contribution in [1.82, 2.24) is 10.3 Å². The number of nitrogens with one attached hydrogen (secondary N) is 1. The summed E-state index contributed by atoms with van der Waals surface area (Å²) >= 11 is 0. The molecule has 1 N–H and O–H groups in total. The summed E-state index contributed by atoms with van der Waals surface area (Å²) in [5.41, 5.74) is -0.283. The molecule has 1 heterocycles. The summed E-state index contributed by atoms with van der Waals surface area (Å²) in [5, 5.41) is 3.40. The number of aryl methyl sites for hydroxylation is 1. The van der Waals surface area contributed by atoms with Gasteiger partial charge in [0.1, 0.15) is 0 Å². The summed E-state index contributed by atoms with van der Waals surface area (Å²) in [5.74, 6) is 0.396. The van der Waals surface area contributed by atoms with Crippen LogP contribution in [0.3, 0.4) is 0 Å². The molecule has 0 bridgehead atoms. The van der Waals surface area contributed by atoms with Crippen LogP contribution >= 0.6 is 0 Å². The summed E-state index contributed by atoms with van der Waals surface area (Å²) in [6, 6.07) is 1.29. The zero-order chi connectivity index (χ0) is 15.2. The number of halogens is 3. The molecule has 114 valence electrons. The van der Waals surface area contributed by atoms with Crippen LogP contribution in [-0.4, -0.2) is 17.6 Å². The van der Waals surface area contributed by atoms with Crippen LogP contribution < -0.4 is 5.32 Å². The number of nitrogens with zero attached hydrogens (tertiary/aromatic N) is 1. The third-order valence-corrected chi connectivity index (χ3v) is 3.39. The summed E-state index contributed by atoms with van der Waals surface area (Å²) in [6.45, 7) is 7.14. The second-order valence-electron chi connectivity index (χ2n) is 5.37. The van der Waals surface area contributed by atoms with Gasteiger partial charge >= 0.3 is 6.18 Å². The highest BCUT2D eigenvalue weighted by Gasteiger charge is 2.33. The SMILES string of the molecule is CCCNC(CCc1cnccc1C(F)(F)F)C(C)C. The quantitative estimate of drug-likeness (QED) is 0.818. The van der Waals surface area contributed by atoms with Crippen molar-refractivity contribution in [2.45, 2.75) is 52.3 Å². The lowest BCUT2D eigenvalue weighted by molar-refractivity contribution is -0.138. The highest BCUT2D eigenvalue weighted by molar-refractivity contribution is 5.26. The maximum Gasteiger partial charge on any atom is 0.416 e. The van der Waals surface area contributed by atoms with Gasteiger partial charge < -0.3 is 5.32 Å². The molecule has 0 aliphatic rings. The number of hydrogen-bond acceptors (Lipinski definition) is 2. The minimum absolute atomic E-state index is 0.233. The first-order valence-electron chi connectivity index (χ1n) is 7.09. The maximum atomic E-state index is 12.9. The molecule has 1 unspecified atom stereocenters. The van der Waals surface area contributed by atoms with Crippen molar-refractivity contribution in [3.63, 3.8) is 0 Å². The van der Waals surface area contributed by atoms with Crippen molar-refractivity contribution in [1.29, 1.82) is 0 Å². The molecule has 1 aromatic rings. The molecule has 0 amide bonds. The van der Waals surface area contributed by atoms with Crippen molar-refractivity contribution in [2.24, 2.45) is 5.92 Å². The van der Waals surface area contributed by atoms with E-state index in [1.165, 1.54) is 12.4 Å². The first kappa shape index (κ1) is 17.0. The minimum atomic E-state index is -4.30. The topological polar surface area (TPSA) is 24.9 Å². The molecular weight excluding hydrogens is 265 g/mol. The number of hydrogen-bond donors (Lipinski definition) is 1. The van der Waals surface area contributed by atoms with E-state index in [0.29, 0.717) is 18.8 Å². The predicted octanol–water partition coefficient (Wildman–Crippen LogP) is 4.06. The number of pyridine rings is 1. The summed E-state index contributed by atoms with van der Waals surface area (Å²) in [7, 11) is 0. The minimum Gasteiger partial charge on any atom is -0.314 e. The fraction of sp³-hybridized carbons (Fsp3) is 0.667. The van der Waals surface area contributed by atoms with Gasteiger partial charge in [0, 0.05) is 18.4 Å². The Labute approximate surface area is 118 Å². The Bertz CT molecular complexity index is 402. The molecule has 0 fully saturated rings. The van der Waals surface area contributed by atoms with Gasteiger partial charge in [-0.15, -0.1) is 0 Å². The molecule has 0 spiro atoms. The van der Waals surface area contributed by atoms with Gasteiger partial charge in [0.15, 0.2) is 0 Å². The van der Waals surface area contributed by atoms with Gasteiger partial charge in [0.2, 0.25) is 0 Å². The van der Waals surface area contributed by atoms with E-state index in [-0.39, 0.29) is 11.6 Å². The molecule has 0 aliphatic heterocycles. The standard InChI is InChI=1S/C15H23F3N2/c1-4-8-20-14(11(2)3)6-5-12-10-19-9-7-13(12)15(16,17)18/h7,9-11,14,20H,4-6,8H2,1-3H3. The monoisotopic (exact) mass is 288 g/mol. The van der Waals surface area contributed by atoms with Crippen molar-refractivity contribution >= 4 is 0 Å². The normalized spacial score (nSPS) is 13.8. The Balaban J connectivity index is 2.73. The van der Waals surface area contributed by atoms with Gasteiger partial charge in [0.25, 0.3) is 0 Å². The molecule has 0 aromatic carbocycles. The summed E-state index contributed by atoms with van der Waals surface area (Å²) in [4.78, 5) is 3.82. The van der Waals surface area contributed by atoms with E-state index in [1.54, 1.807) is 0 Å². The van der Waals surface area contributed by atoms with E-state index in [4.69, 9.17) is 0 Å². The highest BCUT2D eigenvalue weighted by Crippen LogP contribution is 2.32. The third-order valence-electron chi connectivity index (χ3n) is 3.39. The first-order chi connectivity index (χ1) is 9.36. The van der Waals surface area contributed by atoms with E-state index in [1.807, 2.05) is 0 Å². The van der Waals surface area contributed by atoms with Crippen LogP contribution in [0.5, 0.6) is 0 Å². The second kappa shape index (κ2) is 7.62. The molecule has 0 saturated carbocycles. The van der Waals surface area contributed by atoms with Gasteiger partial charge in [-0.3, -0.25) is 4.98 Å². The molecule has 20 heavy (non-hydrogen) atoms. The van der Waals surface area contributed by atoms with Crippen LogP contribution in [0.25, 0.3) is 0 Å². The Morgan fingerprint density at radius 1 is 1.30 bits per heavy atom. The number of rotatable bonds is 7. The second-order valence-corrected chi connectivity index (χ2v) is 5.37. The summed E-state index contributed by atoms with van der Waals surface area (Å²) in [6.07, 6.45) is 0.322. The van der Waals surface area contributed by atoms with E-state index in [2.05, 4.69) is 31.1 Å². The van der Waals surface area contributed by atoms with Crippen LogP contribution in [0.4, 0.5) is 13.2 Å². The van der Waals surface area contributed by atoms with Crippen LogP contribution in [-0.2, 0) is 12.6 Å². The molecular formula is C15H23F3N2. The molecule has 1 aromatic heterocycles. The molecule has 0 aliphatic carbocycles. The van der Waals surface area contributed by atoms with Crippen molar-refractivity contribution in [3.05, 3.63) is 29.6 Å². The lowest BCUT2D eigenvalue weighted by atomic mass is 9.95. The zero-order valence-corrected chi connectivity index (χ0v) is 12.3. The largest absolute Gasteiger partial charge is 0.416 e. The lowest BCUT2D eigenvalue weighted by Gasteiger charge is -2.23. The van der Waals surface area contributed by atoms with Crippen LogP contribution in [0.2, 0.25) is 0 Å². The Kier molecular flexibility index (Phi) is 6.46. The van der Waals surface area contributed by atoms with Gasteiger partial charge in [-0.05, 0) is 43.4 Å². The number of aromatic nitrogens is 1. The van der Waals surface area contributed by atoms with E-state index in [9.17, 15) is 13.2 Å². The lowest BCUT2D eigenvalue weighted by Crippen LogP contribution is -2.35. The van der Waals surface area contributed by atoms with Crippen LogP contribution in [0.1, 0.15) is 44.7 Å². The Hall–Kier alpha value is -1.10. The van der Waals surface area contributed by atoms with Crippen LogP contribution in [0, 0.1) is 5.92 Å². The predicted molar refractivity (Wildman–Crippen MR) is 74.5 cm³/mol. The zero-order valence-electron chi connectivity index (χ0n) is 12.3.